The summed E-state index contributed by atoms with van der Waals surface area (Å²) in [6.07, 6.45) is -0.635. The zero-order valence-corrected chi connectivity index (χ0v) is 13.7. The van der Waals surface area contributed by atoms with Gasteiger partial charge in [-0.15, -0.1) is 12.4 Å². The van der Waals surface area contributed by atoms with E-state index >= 15 is 0 Å². The third-order valence-corrected chi connectivity index (χ3v) is 2.59. The Morgan fingerprint density at radius 3 is 2.52 bits per heavy atom. The zero-order valence-electron chi connectivity index (χ0n) is 12.8. The van der Waals surface area contributed by atoms with Crippen molar-refractivity contribution in [3.63, 3.8) is 0 Å². The molecule has 0 bridgehead atoms. The molecule has 21 heavy (non-hydrogen) atoms. The maximum Gasteiger partial charge on any atom is 0.162 e. The third kappa shape index (κ3) is 7.19. The smallest absolute Gasteiger partial charge is 0.162 e. The van der Waals surface area contributed by atoms with Gasteiger partial charge in [0.25, 0.3) is 0 Å². The topological polar surface area (TPSA) is 74.5 Å². The number of nitrogens with one attached hydrogen (secondary N) is 1. The van der Waals surface area contributed by atoms with E-state index in [1.807, 2.05) is 26.8 Å². The second kappa shape index (κ2) is 8.73. The number of methoxy groups -OCH3 is 1. The molecule has 1 aromatic rings. The maximum atomic E-state index is 9.87. The van der Waals surface area contributed by atoms with Gasteiger partial charge in [0.15, 0.2) is 11.5 Å². The summed E-state index contributed by atoms with van der Waals surface area (Å²) in [4.78, 5) is 0. The van der Waals surface area contributed by atoms with Crippen LogP contribution in [-0.2, 0) is 0 Å². The molecule has 118 valence electrons. The van der Waals surface area contributed by atoms with E-state index in [0.717, 1.165) is 0 Å². The van der Waals surface area contributed by atoms with E-state index in [4.69, 9.17) is 14.7 Å². The number of hydrogen-bond acceptors (Lipinski definition) is 5. The lowest BCUT2D eigenvalue weighted by molar-refractivity contribution is 0.0985. The Labute approximate surface area is 132 Å². The normalized spacial score (nSPS) is 12.0. The fourth-order valence-electron chi connectivity index (χ4n) is 1.53. The molecule has 0 fully saturated rings. The van der Waals surface area contributed by atoms with Gasteiger partial charge in [-0.2, -0.15) is 5.26 Å². The van der Waals surface area contributed by atoms with Crippen LogP contribution >= 0.6 is 12.4 Å². The van der Waals surface area contributed by atoms with Crippen LogP contribution < -0.4 is 14.8 Å². The highest BCUT2D eigenvalue weighted by molar-refractivity contribution is 5.85. The number of benzene rings is 1. The van der Waals surface area contributed by atoms with Crippen molar-refractivity contribution in [2.24, 2.45) is 0 Å². The molecule has 0 aliphatic heterocycles. The minimum Gasteiger partial charge on any atom is -0.493 e. The van der Waals surface area contributed by atoms with Gasteiger partial charge in [-0.1, -0.05) is 0 Å². The summed E-state index contributed by atoms with van der Waals surface area (Å²) in [7, 11) is 1.53. The number of nitrogens with zero attached hydrogens (tertiary/aromatic N) is 1. The molecule has 0 aromatic heterocycles. The van der Waals surface area contributed by atoms with Crippen LogP contribution in [0.25, 0.3) is 0 Å². The van der Waals surface area contributed by atoms with Gasteiger partial charge < -0.3 is 19.9 Å². The van der Waals surface area contributed by atoms with Crippen LogP contribution in [0, 0.1) is 11.3 Å². The minimum atomic E-state index is -0.635. The molecule has 0 amide bonds. The number of nitriles is 1. The fourth-order valence-corrected chi connectivity index (χ4v) is 1.53. The highest BCUT2D eigenvalue weighted by Crippen LogP contribution is 2.27. The molecule has 5 nitrogen and oxygen atoms in total. The van der Waals surface area contributed by atoms with Crippen LogP contribution in [0.5, 0.6) is 11.5 Å². The summed E-state index contributed by atoms with van der Waals surface area (Å²) in [5, 5.41) is 21.9. The van der Waals surface area contributed by atoms with E-state index in [2.05, 4.69) is 5.32 Å². The lowest BCUT2D eigenvalue weighted by Gasteiger charge is -2.23. The van der Waals surface area contributed by atoms with Gasteiger partial charge in [-0.05, 0) is 32.9 Å². The molecule has 0 spiro atoms. The molecule has 1 aromatic carbocycles. The molecular formula is C15H23ClN2O3. The molecule has 1 unspecified atom stereocenters. The first-order valence-corrected chi connectivity index (χ1v) is 6.50. The molecule has 0 saturated carbocycles. The molecule has 2 N–H and O–H groups in total. The van der Waals surface area contributed by atoms with Gasteiger partial charge in [0.1, 0.15) is 12.7 Å². The minimum absolute atomic E-state index is 0. The summed E-state index contributed by atoms with van der Waals surface area (Å²) in [6, 6.07) is 6.97. The molecule has 0 saturated heterocycles. The van der Waals surface area contributed by atoms with Gasteiger partial charge in [-0.3, -0.25) is 0 Å². The lowest BCUT2D eigenvalue weighted by Crippen LogP contribution is -2.42. The Morgan fingerprint density at radius 1 is 1.33 bits per heavy atom. The summed E-state index contributed by atoms with van der Waals surface area (Å²) in [6.45, 7) is 6.65. The van der Waals surface area contributed by atoms with E-state index < -0.39 is 6.10 Å². The number of halogens is 1. The van der Waals surface area contributed by atoms with Crippen LogP contribution in [0.15, 0.2) is 18.2 Å². The number of aliphatic hydroxyl groups is 1. The Balaban J connectivity index is 0.00000400. The molecule has 6 heteroatoms. The second-order valence-corrected chi connectivity index (χ2v) is 5.57. The predicted molar refractivity (Wildman–Crippen MR) is 84.2 cm³/mol. The molecule has 1 atom stereocenters. The predicted octanol–water partition coefficient (Wildman–Crippen LogP) is 2.12. The average molecular weight is 315 g/mol. The molecule has 0 heterocycles. The van der Waals surface area contributed by atoms with Crippen LogP contribution in [0.1, 0.15) is 26.3 Å². The van der Waals surface area contributed by atoms with Crippen molar-refractivity contribution in [3.05, 3.63) is 23.8 Å². The van der Waals surface area contributed by atoms with Gasteiger partial charge >= 0.3 is 0 Å². The van der Waals surface area contributed by atoms with E-state index in [-0.39, 0.29) is 24.6 Å². The third-order valence-electron chi connectivity index (χ3n) is 2.59. The number of ether oxygens (including phenoxy) is 2. The fraction of sp³-hybridized carbons (Fsp3) is 0.533. The van der Waals surface area contributed by atoms with Crippen molar-refractivity contribution in [1.82, 2.24) is 5.32 Å². The first-order chi connectivity index (χ1) is 9.35. The van der Waals surface area contributed by atoms with Crippen molar-refractivity contribution in [2.75, 3.05) is 20.3 Å². The molecule has 0 aliphatic rings. The standard InChI is InChI=1S/C15H22N2O3.ClH/c1-15(2,3)17-9-12(18)10-20-14-7-11(8-16)5-6-13(14)19-4;/h5-7,12,17-18H,9-10H2,1-4H3;1H. The maximum absolute atomic E-state index is 9.87. The van der Waals surface area contributed by atoms with Gasteiger partial charge in [0.05, 0.1) is 18.7 Å². The zero-order chi connectivity index (χ0) is 15.2. The van der Waals surface area contributed by atoms with Crippen molar-refractivity contribution < 1.29 is 14.6 Å². The second-order valence-electron chi connectivity index (χ2n) is 5.57. The van der Waals surface area contributed by atoms with Crippen LogP contribution in [0.2, 0.25) is 0 Å². The first kappa shape index (κ1) is 19.5. The first-order valence-electron chi connectivity index (χ1n) is 6.50. The summed E-state index contributed by atoms with van der Waals surface area (Å²) in [5.41, 5.74) is 0.433. The largest absolute Gasteiger partial charge is 0.493 e. The quantitative estimate of drug-likeness (QED) is 0.841. The van der Waals surface area contributed by atoms with Crippen LogP contribution in [0.4, 0.5) is 0 Å². The Bertz CT molecular complexity index is 481. The average Bonchev–Trinajstić information content (AvgIpc) is 2.41. The Morgan fingerprint density at radius 2 is 2.00 bits per heavy atom. The lowest BCUT2D eigenvalue weighted by atomic mass is 10.1. The molecule has 0 radical (unpaired) electrons. The van der Waals surface area contributed by atoms with Gasteiger partial charge in [0, 0.05) is 18.2 Å². The number of aliphatic hydroxyl groups excluding tert-OH is 1. The van der Waals surface area contributed by atoms with Crippen molar-refractivity contribution in [2.45, 2.75) is 32.4 Å². The number of β-amino-alcohol motifs (C(OH)–C–C–N with tert-alkyl or cyclic N) is 1. The summed E-state index contributed by atoms with van der Waals surface area (Å²) < 4.78 is 10.7. The number of hydrogen-bond donors (Lipinski definition) is 2. The van der Waals surface area contributed by atoms with Crippen molar-refractivity contribution >= 4 is 12.4 Å². The molecule has 0 aliphatic carbocycles. The van der Waals surface area contributed by atoms with E-state index in [0.29, 0.717) is 23.6 Å². The molecular weight excluding hydrogens is 292 g/mol. The van der Waals surface area contributed by atoms with Crippen LogP contribution in [-0.4, -0.2) is 37.0 Å². The highest BCUT2D eigenvalue weighted by Gasteiger charge is 2.14. The van der Waals surface area contributed by atoms with Crippen molar-refractivity contribution in [1.29, 1.82) is 5.26 Å². The van der Waals surface area contributed by atoms with E-state index in [1.54, 1.807) is 18.2 Å². The van der Waals surface area contributed by atoms with Crippen LogP contribution in [0.3, 0.4) is 0 Å². The number of rotatable bonds is 6. The Hall–Kier alpha value is -1.48. The van der Waals surface area contributed by atoms with Crippen molar-refractivity contribution in [3.8, 4) is 17.6 Å². The SMILES string of the molecule is COc1ccc(C#N)cc1OCC(O)CNC(C)(C)C.Cl. The highest BCUT2D eigenvalue weighted by atomic mass is 35.5. The molecule has 1 rings (SSSR count). The Kier molecular flexibility index (Phi) is 8.11. The van der Waals surface area contributed by atoms with E-state index in [9.17, 15) is 5.11 Å². The van der Waals surface area contributed by atoms with Gasteiger partial charge in [0.2, 0.25) is 0 Å². The monoisotopic (exact) mass is 314 g/mol. The summed E-state index contributed by atoms with van der Waals surface area (Å²) >= 11 is 0. The van der Waals surface area contributed by atoms with E-state index in [1.165, 1.54) is 7.11 Å². The van der Waals surface area contributed by atoms with Gasteiger partial charge in [-0.25, -0.2) is 0 Å². The summed E-state index contributed by atoms with van der Waals surface area (Å²) in [5.74, 6) is 1.00.